The lowest BCUT2D eigenvalue weighted by atomic mass is 9.91. The number of likely N-dealkylation sites (tertiary alicyclic amines) is 1. The van der Waals surface area contributed by atoms with Gasteiger partial charge < -0.3 is 24.6 Å². The van der Waals surface area contributed by atoms with Crippen LogP contribution in [0.1, 0.15) is 39.0 Å². The fourth-order valence-electron chi connectivity index (χ4n) is 3.30. The molecule has 0 unspecified atom stereocenters. The van der Waals surface area contributed by atoms with E-state index in [-0.39, 0.29) is 0 Å². The van der Waals surface area contributed by atoms with Gasteiger partial charge in [0.1, 0.15) is 5.75 Å². The molecule has 0 radical (unpaired) electrons. The molecule has 7 nitrogen and oxygen atoms in total. The number of carboxylic acids is 2. The third-order valence-electron chi connectivity index (χ3n) is 4.90. The summed E-state index contributed by atoms with van der Waals surface area (Å²) in [6.45, 7) is 6.43. The highest BCUT2D eigenvalue weighted by atomic mass is 35.5. The number of carboxylic acid groups (broad SMARTS) is 2. The van der Waals surface area contributed by atoms with Gasteiger partial charge in [0, 0.05) is 18.7 Å². The van der Waals surface area contributed by atoms with Crippen LogP contribution in [0.2, 0.25) is 5.02 Å². The summed E-state index contributed by atoms with van der Waals surface area (Å²) in [6.07, 6.45) is 6.47. The second kappa shape index (κ2) is 14.2. The number of aliphatic carboxylic acids is 2. The molecular formula is C21H32ClNO6. The number of halogens is 1. The van der Waals surface area contributed by atoms with Crippen molar-refractivity contribution in [2.75, 3.05) is 33.4 Å². The van der Waals surface area contributed by atoms with Crippen LogP contribution in [-0.2, 0) is 14.3 Å². The van der Waals surface area contributed by atoms with Gasteiger partial charge in [0.05, 0.1) is 12.7 Å². The van der Waals surface area contributed by atoms with E-state index in [1.54, 1.807) is 0 Å². The Morgan fingerprint density at radius 2 is 1.97 bits per heavy atom. The van der Waals surface area contributed by atoms with Crippen LogP contribution in [0.25, 0.3) is 0 Å². The first-order valence-electron chi connectivity index (χ1n) is 9.97. The van der Waals surface area contributed by atoms with E-state index in [4.69, 9.17) is 40.9 Å². The number of hydrogen-bond donors (Lipinski definition) is 2. The molecule has 0 amide bonds. The first-order chi connectivity index (χ1) is 13.9. The van der Waals surface area contributed by atoms with Gasteiger partial charge >= 0.3 is 11.9 Å². The van der Waals surface area contributed by atoms with E-state index in [1.165, 1.54) is 38.8 Å². The van der Waals surface area contributed by atoms with Crippen molar-refractivity contribution >= 4 is 23.5 Å². The summed E-state index contributed by atoms with van der Waals surface area (Å²) in [5.74, 6) is -2.21. The van der Waals surface area contributed by atoms with E-state index in [2.05, 4.69) is 11.8 Å². The molecule has 1 aromatic rings. The Hall–Kier alpha value is -1.83. The fraction of sp³-hybridized carbons (Fsp3) is 0.619. The van der Waals surface area contributed by atoms with E-state index < -0.39 is 11.9 Å². The molecule has 1 heterocycles. The molecule has 0 aliphatic carbocycles. The summed E-state index contributed by atoms with van der Waals surface area (Å²) < 4.78 is 11.6. The molecule has 1 saturated heterocycles. The Balaban J connectivity index is 0.000000612. The van der Waals surface area contributed by atoms with Crippen molar-refractivity contribution in [3.8, 4) is 5.75 Å². The zero-order valence-corrected chi connectivity index (χ0v) is 17.9. The normalized spacial score (nSPS) is 19.1. The summed E-state index contributed by atoms with van der Waals surface area (Å²) in [5.41, 5.74) is 0. The van der Waals surface area contributed by atoms with Crippen LogP contribution in [0.3, 0.4) is 0 Å². The minimum atomic E-state index is -1.82. The van der Waals surface area contributed by atoms with Crippen LogP contribution < -0.4 is 4.74 Å². The first kappa shape index (κ1) is 25.2. The predicted molar refractivity (Wildman–Crippen MR) is 112 cm³/mol. The van der Waals surface area contributed by atoms with Crippen molar-refractivity contribution in [2.24, 2.45) is 5.92 Å². The highest BCUT2D eigenvalue weighted by Crippen LogP contribution is 2.24. The molecular weight excluding hydrogens is 398 g/mol. The predicted octanol–water partition coefficient (Wildman–Crippen LogP) is 3.79. The molecule has 0 bridgehead atoms. The molecule has 0 spiro atoms. The van der Waals surface area contributed by atoms with E-state index in [9.17, 15) is 0 Å². The van der Waals surface area contributed by atoms with Crippen molar-refractivity contribution in [3.05, 3.63) is 29.3 Å². The number of ether oxygens (including phenoxy) is 2. The summed E-state index contributed by atoms with van der Waals surface area (Å²) in [4.78, 5) is 20.8. The number of piperidine rings is 1. The number of rotatable bonds is 9. The van der Waals surface area contributed by atoms with Gasteiger partial charge in [-0.2, -0.15) is 0 Å². The Kier molecular flexibility index (Phi) is 12.3. The molecule has 1 fully saturated rings. The topological polar surface area (TPSA) is 96.3 Å². The van der Waals surface area contributed by atoms with E-state index >= 15 is 0 Å². The van der Waals surface area contributed by atoms with Crippen LogP contribution in [0.4, 0.5) is 0 Å². The van der Waals surface area contributed by atoms with E-state index in [0.29, 0.717) is 12.0 Å². The second-order valence-corrected chi connectivity index (χ2v) is 7.47. The summed E-state index contributed by atoms with van der Waals surface area (Å²) in [6, 6.07) is 7.61. The van der Waals surface area contributed by atoms with Crippen molar-refractivity contribution in [3.63, 3.8) is 0 Å². The Morgan fingerprint density at radius 1 is 1.24 bits per heavy atom. The van der Waals surface area contributed by atoms with Crippen molar-refractivity contribution < 1.29 is 29.3 Å². The SMILES string of the molecule is CCCCCN1CC[C@H](CCOc2cccc(Cl)c2)[C@H](OC)C1.O=C(O)C(=O)O. The molecule has 2 N–H and O–H groups in total. The number of carbonyl (C=O) groups is 2. The minimum Gasteiger partial charge on any atom is -0.494 e. The molecule has 1 aliphatic heterocycles. The van der Waals surface area contributed by atoms with Gasteiger partial charge in [-0.15, -0.1) is 0 Å². The standard InChI is InChI=1S/C19H30ClNO2.C2H2O4/c1-3-4-5-11-21-12-9-16(19(15-21)22-2)10-13-23-18-8-6-7-17(20)14-18;3-1(4)2(5)6/h6-8,14,16,19H,3-5,9-13,15H2,1-2H3;(H,3,4)(H,5,6)/t16-,19-;/m1./s1. The quantitative estimate of drug-likeness (QED) is 0.455. The lowest BCUT2D eigenvalue weighted by Crippen LogP contribution is -2.45. The Morgan fingerprint density at radius 3 is 2.55 bits per heavy atom. The molecule has 1 aliphatic rings. The molecule has 29 heavy (non-hydrogen) atoms. The number of methoxy groups -OCH3 is 1. The summed E-state index contributed by atoms with van der Waals surface area (Å²) >= 11 is 5.98. The maximum atomic E-state index is 9.10. The van der Waals surface area contributed by atoms with Gasteiger partial charge in [-0.1, -0.05) is 37.4 Å². The van der Waals surface area contributed by atoms with Crippen molar-refractivity contribution in [1.29, 1.82) is 0 Å². The van der Waals surface area contributed by atoms with Gasteiger partial charge in [-0.25, -0.2) is 9.59 Å². The molecule has 8 heteroatoms. The number of benzene rings is 1. The third-order valence-corrected chi connectivity index (χ3v) is 5.13. The zero-order chi connectivity index (χ0) is 21.6. The van der Waals surface area contributed by atoms with Crippen LogP contribution in [0.5, 0.6) is 5.75 Å². The van der Waals surface area contributed by atoms with Gasteiger partial charge in [-0.05, 0) is 56.5 Å². The number of unbranched alkanes of at least 4 members (excludes halogenated alkanes) is 2. The van der Waals surface area contributed by atoms with Gasteiger partial charge in [0.2, 0.25) is 0 Å². The molecule has 2 rings (SSSR count). The lowest BCUT2D eigenvalue weighted by Gasteiger charge is -2.37. The second-order valence-electron chi connectivity index (χ2n) is 7.04. The molecule has 0 saturated carbocycles. The van der Waals surface area contributed by atoms with Crippen molar-refractivity contribution in [2.45, 2.75) is 45.1 Å². The Bertz CT molecular complexity index is 615. The molecule has 0 aromatic heterocycles. The average molecular weight is 430 g/mol. The minimum absolute atomic E-state index is 0.327. The number of hydrogen-bond acceptors (Lipinski definition) is 5. The van der Waals surface area contributed by atoms with Gasteiger partial charge in [-0.3, -0.25) is 0 Å². The van der Waals surface area contributed by atoms with Crippen LogP contribution >= 0.6 is 11.6 Å². The first-order valence-corrected chi connectivity index (χ1v) is 10.3. The van der Waals surface area contributed by atoms with Gasteiger partial charge in [0.15, 0.2) is 0 Å². The largest absolute Gasteiger partial charge is 0.494 e. The zero-order valence-electron chi connectivity index (χ0n) is 17.2. The molecule has 1 aromatic carbocycles. The van der Waals surface area contributed by atoms with E-state index in [1.807, 2.05) is 31.4 Å². The smallest absolute Gasteiger partial charge is 0.414 e. The van der Waals surface area contributed by atoms with Crippen LogP contribution in [0.15, 0.2) is 24.3 Å². The summed E-state index contributed by atoms with van der Waals surface area (Å²) in [5, 5.41) is 15.5. The number of nitrogens with zero attached hydrogens (tertiary/aromatic N) is 1. The Labute approximate surface area is 177 Å². The molecule has 164 valence electrons. The monoisotopic (exact) mass is 429 g/mol. The summed E-state index contributed by atoms with van der Waals surface area (Å²) in [7, 11) is 1.84. The average Bonchev–Trinajstić information content (AvgIpc) is 2.69. The van der Waals surface area contributed by atoms with E-state index in [0.717, 1.165) is 30.3 Å². The maximum absolute atomic E-state index is 9.10. The van der Waals surface area contributed by atoms with Crippen molar-refractivity contribution in [1.82, 2.24) is 4.90 Å². The highest BCUT2D eigenvalue weighted by Gasteiger charge is 2.28. The lowest BCUT2D eigenvalue weighted by molar-refractivity contribution is -0.159. The van der Waals surface area contributed by atoms with Crippen LogP contribution in [-0.4, -0.2) is 66.5 Å². The fourth-order valence-corrected chi connectivity index (χ4v) is 3.48. The maximum Gasteiger partial charge on any atom is 0.414 e. The highest BCUT2D eigenvalue weighted by molar-refractivity contribution is 6.30. The van der Waals surface area contributed by atoms with Crippen LogP contribution in [0, 0.1) is 5.92 Å². The third kappa shape index (κ3) is 10.5. The molecule has 2 atom stereocenters. The van der Waals surface area contributed by atoms with Gasteiger partial charge in [0.25, 0.3) is 0 Å².